The number of para-hydroxylation sites is 1. The van der Waals surface area contributed by atoms with E-state index in [0.717, 1.165) is 0 Å². The van der Waals surface area contributed by atoms with Gasteiger partial charge in [0.25, 0.3) is 0 Å². The van der Waals surface area contributed by atoms with Crippen molar-refractivity contribution in [3.05, 3.63) is 30.1 Å². The molecular weight excluding hydrogens is 157 g/mol. The summed E-state index contributed by atoms with van der Waals surface area (Å²) in [6, 6.07) is 6.20. The van der Waals surface area contributed by atoms with Crippen LogP contribution < -0.4 is 10.5 Å². The van der Waals surface area contributed by atoms with E-state index in [2.05, 4.69) is 0 Å². The molecule has 0 saturated carbocycles. The van der Waals surface area contributed by atoms with Crippen LogP contribution in [-0.2, 0) is 0 Å². The fourth-order valence-electron chi connectivity index (χ4n) is 0.783. The molecule has 2 N–H and O–H groups in total. The van der Waals surface area contributed by atoms with Gasteiger partial charge in [-0.05, 0) is 19.1 Å². The molecule has 0 aliphatic heterocycles. The first-order valence-electron chi connectivity index (χ1n) is 3.83. The molecule has 3 heteroatoms. The predicted molar refractivity (Wildman–Crippen MR) is 45.5 cm³/mol. The summed E-state index contributed by atoms with van der Waals surface area (Å²) in [5.74, 6) is -0.0899. The maximum Gasteiger partial charge on any atom is 0.165 e. The zero-order valence-corrected chi connectivity index (χ0v) is 6.96. The van der Waals surface area contributed by atoms with Gasteiger partial charge in [-0.2, -0.15) is 0 Å². The molecule has 0 unspecified atom stereocenters. The molecule has 2 nitrogen and oxygen atoms in total. The molecule has 0 amide bonds. The summed E-state index contributed by atoms with van der Waals surface area (Å²) in [7, 11) is 0. The first-order valence-corrected chi connectivity index (χ1v) is 3.83. The van der Waals surface area contributed by atoms with Crippen molar-refractivity contribution in [1.29, 1.82) is 0 Å². The van der Waals surface area contributed by atoms with Gasteiger partial charge in [-0.1, -0.05) is 12.1 Å². The molecule has 0 radical (unpaired) electrons. The van der Waals surface area contributed by atoms with E-state index in [9.17, 15) is 4.39 Å². The zero-order chi connectivity index (χ0) is 8.97. The van der Waals surface area contributed by atoms with Crippen molar-refractivity contribution >= 4 is 0 Å². The Morgan fingerprint density at radius 2 is 2.17 bits per heavy atom. The summed E-state index contributed by atoms with van der Waals surface area (Å²) in [6.45, 7) is 2.14. The standard InChI is InChI=1S/C9H12FNO/c1-7(11)6-12-9-5-3-2-4-8(9)10/h2-5,7H,6,11H2,1H3/t7-/m1/s1. The van der Waals surface area contributed by atoms with Crippen LogP contribution in [-0.4, -0.2) is 12.6 Å². The van der Waals surface area contributed by atoms with Gasteiger partial charge in [0.1, 0.15) is 6.61 Å². The highest BCUT2D eigenvalue weighted by molar-refractivity contribution is 5.23. The van der Waals surface area contributed by atoms with Gasteiger partial charge in [0.2, 0.25) is 0 Å². The average molecular weight is 169 g/mol. The predicted octanol–water partition coefficient (Wildman–Crippen LogP) is 1.55. The second-order valence-electron chi connectivity index (χ2n) is 2.72. The van der Waals surface area contributed by atoms with E-state index in [1.54, 1.807) is 25.1 Å². The monoisotopic (exact) mass is 169 g/mol. The highest BCUT2D eigenvalue weighted by atomic mass is 19.1. The SMILES string of the molecule is C[C@@H](N)COc1ccccc1F. The van der Waals surface area contributed by atoms with Crippen molar-refractivity contribution in [2.24, 2.45) is 5.73 Å². The topological polar surface area (TPSA) is 35.2 Å². The summed E-state index contributed by atoms with van der Waals surface area (Å²) in [5.41, 5.74) is 5.44. The Hall–Kier alpha value is -1.09. The maximum atomic E-state index is 12.9. The van der Waals surface area contributed by atoms with Crippen LogP contribution in [0.25, 0.3) is 0 Å². The summed E-state index contributed by atoms with van der Waals surface area (Å²) in [6.07, 6.45) is 0. The zero-order valence-electron chi connectivity index (χ0n) is 6.96. The molecule has 0 aliphatic rings. The molecule has 1 rings (SSSR count). The third kappa shape index (κ3) is 2.51. The van der Waals surface area contributed by atoms with Crippen molar-refractivity contribution in [2.75, 3.05) is 6.61 Å². The van der Waals surface area contributed by atoms with Crippen molar-refractivity contribution in [1.82, 2.24) is 0 Å². The molecule has 0 aromatic heterocycles. The molecule has 0 bridgehead atoms. The number of ether oxygens (including phenoxy) is 1. The number of nitrogens with two attached hydrogens (primary N) is 1. The van der Waals surface area contributed by atoms with E-state index < -0.39 is 0 Å². The minimum absolute atomic E-state index is 0.0791. The number of hydrogen-bond acceptors (Lipinski definition) is 2. The summed E-state index contributed by atoms with van der Waals surface area (Å²) >= 11 is 0. The highest BCUT2D eigenvalue weighted by Crippen LogP contribution is 2.14. The van der Waals surface area contributed by atoms with E-state index in [-0.39, 0.29) is 17.6 Å². The molecule has 1 aromatic carbocycles. The summed E-state index contributed by atoms with van der Waals surface area (Å²) in [4.78, 5) is 0. The summed E-state index contributed by atoms with van der Waals surface area (Å²) in [5, 5.41) is 0. The van der Waals surface area contributed by atoms with Gasteiger partial charge >= 0.3 is 0 Å². The van der Waals surface area contributed by atoms with Crippen LogP contribution in [0.1, 0.15) is 6.92 Å². The lowest BCUT2D eigenvalue weighted by molar-refractivity contribution is 0.282. The van der Waals surface area contributed by atoms with Gasteiger partial charge in [-0.25, -0.2) is 4.39 Å². The second-order valence-corrected chi connectivity index (χ2v) is 2.72. The first kappa shape index (κ1) is 9.00. The Morgan fingerprint density at radius 3 is 2.75 bits per heavy atom. The maximum absolute atomic E-state index is 12.9. The van der Waals surface area contributed by atoms with Crippen molar-refractivity contribution in [3.8, 4) is 5.75 Å². The number of hydrogen-bond donors (Lipinski definition) is 1. The van der Waals surface area contributed by atoms with E-state index >= 15 is 0 Å². The Kier molecular flexibility index (Phi) is 3.05. The molecule has 0 heterocycles. The third-order valence-corrected chi connectivity index (χ3v) is 1.34. The Labute approximate surface area is 71.1 Å². The third-order valence-electron chi connectivity index (χ3n) is 1.34. The molecule has 1 aromatic rings. The lowest BCUT2D eigenvalue weighted by Crippen LogP contribution is -2.23. The number of halogens is 1. The minimum Gasteiger partial charge on any atom is -0.489 e. The van der Waals surface area contributed by atoms with E-state index in [0.29, 0.717) is 6.61 Å². The number of rotatable bonds is 3. The van der Waals surface area contributed by atoms with Crippen molar-refractivity contribution in [3.63, 3.8) is 0 Å². The lowest BCUT2D eigenvalue weighted by Gasteiger charge is -2.08. The molecule has 66 valence electrons. The van der Waals surface area contributed by atoms with E-state index in [1.807, 2.05) is 0 Å². The van der Waals surface area contributed by atoms with Crippen LogP contribution in [0.5, 0.6) is 5.75 Å². The molecule has 0 spiro atoms. The smallest absolute Gasteiger partial charge is 0.165 e. The quantitative estimate of drug-likeness (QED) is 0.745. The molecule has 12 heavy (non-hydrogen) atoms. The van der Waals surface area contributed by atoms with Gasteiger partial charge in [0.15, 0.2) is 11.6 Å². The van der Waals surface area contributed by atoms with Crippen LogP contribution >= 0.6 is 0 Å². The van der Waals surface area contributed by atoms with Crippen LogP contribution in [0.15, 0.2) is 24.3 Å². The molecule has 0 fully saturated rings. The lowest BCUT2D eigenvalue weighted by atomic mass is 10.3. The molecule has 0 aliphatic carbocycles. The van der Waals surface area contributed by atoms with Gasteiger partial charge in [0.05, 0.1) is 0 Å². The van der Waals surface area contributed by atoms with Gasteiger partial charge in [0, 0.05) is 6.04 Å². The highest BCUT2D eigenvalue weighted by Gasteiger charge is 2.01. The normalized spacial score (nSPS) is 12.6. The van der Waals surface area contributed by atoms with Gasteiger partial charge in [-0.15, -0.1) is 0 Å². The fourth-order valence-corrected chi connectivity index (χ4v) is 0.783. The Bertz CT molecular complexity index is 250. The second kappa shape index (κ2) is 4.07. The number of benzene rings is 1. The molecule has 0 saturated heterocycles. The average Bonchev–Trinajstić information content (AvgIpc) is 2.03. The largest absolute Gasteiger partial charge is 0.489 e. The Morgan fingerprint density at radius 1 is 1.50 bits per heavy atom. The van der Waals surface area contributed by atoms with Crippen LogP contribution in [0.4, 0.5) is 4.39 Å². The van der Waals surface area contributed by atoms with Crippen LogP contribution in [0.3, 0.4) is 0 Å². The van der Waals surface area contributed by atoms with Crippen molar-refractivity contribution < 1.29 is 9.13 Å². The van der Waals surface area contributed by atoms with Crippen LogP contribution in [0.2, 0.25) is 0 Å². The van der Waals surface area contributed by atoms with Gasteiger partial charge < -0.3 is 10.5 Å². The molecular formula is C9H12FNO. The minimum atomic E-state index is -0.349. The van der Waals surface area contributed by atoms with Crippen LogP contribution in [0, 0.1) is 5.82 Å². The van der Waals surface area contributed by atoms with Gasteiger partial charge in [-0.3, -0.25) is 0 Å². The fraction of sp³-hybridized carbons (Fsp3) is 0.333. The van der Waals surface area contributed by atoms with Crippen molar-refractivity contribution in [2.45, 2.75) is 13.0 Å². The van der Waals surface area contributed by atoms with E-state index in [1.165, 1.54) is 6.07 Å². The molecule has 1 atom stereocenters. The first-order chi connectivity index (χ1) is 5.70. The summed E-state index contributed by atoms with van der Waals surface area (Å²) < 4.78 is 18.0. The Balaban J connectivity index is 2.57. The van der Waals surface area contributed by atoms with E-state index in [4.69, 9.17) is 10.5 Å².